The van der Waals surface area contributed by atoms with Crippen LogP contribution in [0.1, 0.15) is 42.1 Å². The molecule has 100 valence electrons. The fourth-order valence-electron chi connectivity index (χ4n) is 1.91. The van der Waals surface area contributed by atoms with Gasteiger partial charge in [0.1, 0.15) is 6.29 Å². The molecular formula is C16H19NO2. The van der Waals surface area contributed by atoms with Crippen molar-refractivity contribution in [1.29, 1.82) is 0 Å². The zero-order chi connectivity index (χ0) is 13.7. The molecule has 1 aromatic rings. The van der Waals surface area contributed by atoms with E-state index in [0.29, 0.717) is 11.5 Å². The van der Waals surface area contributed by atoms with Crippen LogP contribution >= 0.6 is 0 Å². The van der Waals surface area contributed by atoms with Crippen LogP contribution < -0.4 is 0 Å². The number of allylic oxidation sites excluding steroid dienone is 1. The topological polar surface area (TPSA) is 38.7 Å². The zero-order valence-corrected chi connectivity index (χ0v) is 11.4. The van der Waals surface area contributed by atoms with Gasteiger partial charge in [0.15, 0.2) is 5.90 Å². The Labute approximate surface area is 114 Å². The van der Waals surface area contributed by atoms with Gasteiger partial charge >= 0.3 is 0 Å². The van der Waals surface area contributed by atoms with E-state index in [2.05, 4.69) is 18.0 Å². The third-order valence-electron chi connectivity index (χ3n) is 3.11. The number of nitrogens with zero attached hydrogens (tertiary/aromatic N) is 1. The number of methoxy groups -OCH3 is 1. The Morgan fingerprint density at radius 3 is 2.53 bits per heavy atom. The number of hydrogen-bond donors (Lipinski definition) is 0. The molecule has 0 aliphatic heterocycles. The van der Waals surface area contributed by atoms with E-state index in [9.17, 15) is 4.79 Å². The molecule has 0 amide bonds. The molecule has 0 bridgehead atoms. The number of benzene rings is 1. The summed E-state index contributed by atoms with van der Waals surface area (Å²) >= 11 is 0. The maximum atomic E-state index is 10.7. The summed E-state index contributed by atoms with van der Waals surface area (Å²) in [5, 5.41) is 0. The highest BCUT2D eigenvalue weighted by atomic mass is 16.5. The van der Waals surface area contributed by atoms with Crippen LogP contribution in [-0.4, -0.2) is 19.3 Å². The molecule has 0 radical (unpaired) electrons. The standard InChI is InChI=1S/C16H19NO2/c1-3-4-15(17-16(19-2)14-9-10-14)13-7-5-12(11-18)6-8-13/h4-8,11,14H,3,9-10H2,1-2H3/b15-4+,17-16?. The molecular weight excluding hydrogens is 238 g/mol. The lowest BCUT2D eigenvalue weighted by Gasteiger charge is -2.07. The van der Waals surface area contributed by atoms with Crippen molar-refractivity contribution < 1.29 is 9.53 Å². The monoisotopic (exact) mass is 257 g/mol. The summed E-state index contributed by atoms with van der Waals surface area (Å²) < 4.78 is 5.37. The van der Waals surface area contributed by atoms with E-state index in [4.69, 9.17) is 4.74 Å². The highest BCUT2D eigenvalue weighted by molar-refractivity contribution is 5.87. The van der Waals surface area contributed by atoms with Gasteiger partial charge in [-0.1, -0.05) is 37.3 Å². The van der Waals surface area contributed by atoms with Gasteiger partial charge in [-0.2, -0.15) is 0 Å². The number of aliphatic imine (C=N–C) groups is 1. The summed E-state index contributed by atoms with van der Waals surface area (Å²) in [6.07, 6.45) is 6.17. The van der Waals surface area contributed by atoms with Crippen molar-refractivity contribution in [3.05, 3.63) is 41.5 Å². The predicted octanol–water partition coefficient (Wildman–Crippen LogP) is 3.70. The van der Waals surface area contributed by atoms with Crippen molar-refractivity contribution in [2.24, 2.45) is 10.9 Å². The third kappa shape index (κ3) is 3.53. The zero-order valence-electron chi connectivity index (χ0n) is 11.4. The molecule has 0 saturated heterocycles. The van der Waals surface area contributed by atoms with E-state index >= 15 is 0 Å². The van der Waals surface area contributed by atoms with Crippen molar-refractivity contribution in [3.63, 3.8) is 0 Å². The van der Waals surface area contributed by atoms with Crippen molar-refractivity contribution in [2.45, 2.75) is 26.2 Å². The Morgan fingerprint density at radius 1 is 1.37 bits per heavy atom. The van der Waals surface area contributed by atoms with Gasteiger partial charge in [0.2, 0.25) is 0 Å². The number of ether oxygens (including phenoxy) is 1. The minimum absolute atomic E-state index is 0.486. The molecule has 0 atom stereocenters. The van der Waals surface area contributed by atoms with Crippen LogP contribution in [0.15, 0.2) is 35.3 Å². The number of carbonyl (C=O) groups excluding carboxylic acids is 1. The second-order valence-electron chi connectivity index (χ2n) is 4.67. The molecule has 0 N–H and O–H groups in total. The fourth-order valence-corrected chi connectivity index (χ4v) is 1.91. The average Bonchev–Trinajstić information content (AvgIpc) is 3.28. The molecule has 0 spiro atoms. The Hall–Kier alpha value is -1.90. The van der Waals surface area contributed by atoms with Crippen LogP contribution in [0.4, 0.5) is 0 Å². The first kappa shape index (κ1) is 13.5. The molecule has 3 nitrogen and oxygen atoms in total. The second-order valence-corrected chi connectivity index (χ2v) is 4.67. The van der Waals surface area contributed by atoms with E-state index < -0.39 is 0 Å². The predicted molar refractivity (Wildman–Crippen MR) is 77.3 cm³/mol. The number of rotatable bonds is 5. The maximum absolute atomic E-state index is 10.7. The molecule has 0 heterocycles. The van der Waals surface area contributed by atoms with Crippen LogP contribution in [0.3, 0.4) is 0 Å². The van der Waals surface area contributed by atoms with Gasteiger partial charge in [-0.25, -0.2) is 4.99 Å². The largest absolute Gasteiger partial charge is 0.484 e. The Bertz CT molecular complexity index is 496. The molecule has 3 heteroatoms. The van der Waals surface area contributed by atoms with Gasteiger partial charge < -0.3 is 4.74 Å². The van der Waals surface area contributed by atoms with Gasteiger partial charge in [-0.15, -0.1) is 0 Å². The first-order chi connectivity index (χ1) is 9.28. The summed E-state index contributed by atoms with van der Waals surface area (Å²) in [4.78, 5) is 15.3. The van der Waals surface area contributed by atoms with Crippen molar-refractivity contribution in [2.75, 3.05) is 7.11 Å². The fraction of sp³-hybridized carbons (Fsp3) is 0.375. The van der Waals surface area contributed by atoms with Crippen LogP contribution in [0, 0.1) is 5.92 Å². The number of carbonyl (C=O) groups is 1. The molecule has 2 rings (SSSR count). The van der Waals surface area contributed by atoms with Gasteiger partial charge in [0, 0.05) is 11.5 Å². The van der Waals surface area contributed by atoms with Crippen molar-refractivity contribution in [1.82, 2.24) is 0 Å². The minimum atomic E-state index is 0.486. The lowest BCUT2D eigenvalue weighted by Crippen LogP contribution is -2.04. The molecule has 0 unspecified atom stereocenters. The summed E-state index contributed by atoms with van der Waals surface area (Å²) in [6, 6.07) is 7.47. The SMILES string of the molecule is CC/C=C(/N=C(OC)C1CC1)c1ccc(C=O)cc1. The van der Waals surface area contributed by atoms with Crippen LogP contribution in [0.2, 0.25) is 0 Å². The highest BCUT2D eigenvalue weighted by Crippen LogP contribution is 2.32. The van der Waals surface area contributed by atoms with E-state index in [0.717, 1.165) is 42.7 Å². The van der Waals surface area contributed by atoms with Gasteiger partial charge in [0.25, 0.3) is 0 Å². The van der Waals surface area contributed by atoms with Crippen molar-refractivity contribution >= 4 is 17.9 Å². The molecule has 19 heavy (non-hydrogen) atoms. The summed E-state index contributed by atoms with van der Waals surface area (Å²) in [6.45, 7) is 2.08. The third-order valence-corrected chi connectivity index (χ3v) is 3.11. The van der Waals surface area contributed by atoms with E-state index in [-0.39, 0.29) is 0 Å². The van der Waals surface area contributed by atoms with Crippen LogP contribution in [0.25, 0.3) is 5.70 Å². The van der Waals surface area contributed by atoms with E-state index in [1.54, 1.807) is 7.11 Å². The second kappa shape index (κ2) is 6.32. The highest BCUT2D eigenvalue weighted by Gasteiger charge is 2.28. The number of aldehydes is 1. The van der Waals surface area contributed by atoms with E-state index in [1.807, 2.05) is 24.3 Å². The Morgan fingerprint density at radius 2 is 2.05 bits per heavy atom. The lowest BCUT2D eigenvalue weighted by molar-refractivity contribution is 0.112. The van der Waals surface area contributed by atoms with Crippen LogP contribution in [0.5, 0.6) is 0 Å². The Balaban J connectivity index is 2.28. The average molecular weight is 257 g/mol. The molecule has 1 fully saturated rings. The summed E-state index contributed by atoms with van der Waals surface area (Å²) in [7, 11) is 1.68. The van der Waals surface area contributed by atoms with E-state index in [1.165, 1.54) is 0 Å². The normalized spacial score (nSPS) is 16.3. The molecule has 1 aromatic carbocycles. The minimum Gasteiger partial charge on any atom is -0.484 e. The molecule has 1 saturated carbocycles. The Kier molecular flexibility index (Phi) is 4.50. The first-order valence-corrected chi connectivity index (χ1v) is 6.66. The maximum Gasteiger partial charge on any atom is 0.191 e. The van der Waals surface area contributed by atoms with Gasteiger partial charge in [-0.05, 0) is 24.8 Å². The molecule has 0 aromatic heterocycles. The smallest absolute Gasteiger partial charge is 0.191 e. The quantitative estimate of drug-likeness (QED) is 0.458. The van der Waals surface area contributed by atoms with Crippen molar-refractivity contribution in [3.8, 4) is 0 Å². The molecule has 1 aliphatic rings. The summed E-state index contributed by atoms with van der Waals surface area (Å²) in [5.74, 6) is 1.30. The van der Waals surface area contributed by atoms with Crippen LogP contribution in [-0.2, 0) is 4.74 Å². The van der Waals surface area contributed by atoms with Gasteiger partial charge in [0.05, 0.1) is 12.8 Å². The summed E-state index contributed by atoms with van der Waals surface area (Å²) in [5.41, 5.74) is 2.61. The first-order valence-electron chi connectivity index (χ1n) is 6.66. The van der Waals surface area contributed by atoms with Gasteiger partial charge in [-0.3, -0.25) is 4.79 Å². The molecule has 1 aliphatic carbocycles. The number of hydrogen-bond acceptors (Lipinski definition) is 3. The lowest BCUT2D eigenvalue weighted by atomic mass is 10.1.